The van der Waals surface area contributed by atoms with Gasteiger partial charge in [-0.05, 0) is 61.6 Å². The Morgan fingerprint density at radius 2 is 1.81 bits per heavy atom. The quantitative estimate of drug-likeness (QED) is 0.296. The topological polar surface area (TPSA) is 24.1 Å². The average Bonchev–Trinajstić information content (AvgIpc) is 3.28. The maximum absolute atomic E-state index is 14.6. The molecule has 2 N–H and O–H groups in total. The van der Waals surface area contributed by atoms with Crippen molar-refractivity contribution in [1.29, 1.82) is 0 Å². The highest BCUT2D eigenvalue weighted by atomic mass is 35.5. The van der Waals surface area contributed by atoms with Crippen LogP contribution in [0.5, 0.6) is 0 Å². The van der Waals surface area contributed by atoms with Crippen molar-refractivity contribution in [3.8, 4) is 0 Å². The first-order chi connectivity index (χ1) is 14.6. The third-order valence-corrected chi connectivity index (χ3v) is 7.14. The predicted octanol–water partition coefficient (Wildman–Crippen LogP) is 7.62. The van der Waals surface area contributed by atoms with Gasteiger partial charge in [-0.2, -0.15) is 0 Å². The molecule has 2 aromatic rings. The minimum absolute atomic E-state index is 0.0407. The zero-order valence-electron chi connectivity index (χ0n) is 18.7. The Labute approximate surface area is 195 Å². The lowest BCUT2D eigenvalue weighted by Crippen LogP contribution is -2.15. The lowest BCUT2D eigenvalue weighted by atomic mass is 10.0. The van der Waals surface area contributed by atoms with Crippen molar-refractivity contribution < 1.29 is 4.39 Å². The fourth-order valence-corrected chi connectivity index (χ4v) is 4.97. The first-order valence-corrected chi connectivity index (χ1v) is 11.5. The molecule has 0 heterocycles. The molecule has 0 spiro atoms. The minimum atomic E-state index is -0.923. The summed E-state index contributed by atoms with van der Waals surface area (Å²) in [5, 5.41) is 6.57. The Kier molecular flexibility index (Phi) is 7.08. The molecule has 2 unspecified atom stereocenters. The van der Waals surface area contributed by atoms with E-state index >= 15 is 0 Å². The number of halogens is 3. The summed E-state index contributed by atoms with van der Waals surface area (Å²) in [7, 11) is 0. The van der Waals surface area contributed by atoms with Gasteiger partial charge in [0.15, 0.2) is 0 Å². The van der Waals surface area contributed by atoms with Crippen LogP contribution in [0, 0.1) is 32.5 Å². The number of nitrogens with one attached hydrogen (secondary N) is 2. The van der Waals surface area contributed by atoms with Gasteiger partial charge in [0, 0.05) is 41.0 Å². The molecule has 0 amide bonds. The Bertz CT molecular complexity index is 1010. The highest BCUT2D eigenvalue weighted by Crippen LogP contribution is 2.67. The fraction of sp³-hybridized carbons (Fsp3) is 0.385. The van der Waals surface area contributed by atoms with E-state index in [1.165, 1.54) is 17.2 Å². The van der Waals surface area contributed by atoms with Gasteiger partial charge in [-0.3, -0.25) is 0 Å². The highest BCUT2D eigenvalue weighted by Gasteiger charge is 2.65. The van der Waals surface area contributed by atoms with Crippen molar-refractivity contribution in [2.45, 2.75) is 50.8 Å². The van der Waals surface area contributed by atoms with Gasteiger partial charge in [-0.15, -0.1) is 23.2 Å². The molecule has 5 heteroatoms. The monoisotopic (exact) mass is 460 g/mol. The normalized spacial score (nSPS) is 19.1. The summed E-state index contributed by atoms with van der Waals surface area (Å²) in [5.41, 5.74) is 6.88. The molecule has 0 bridgehead atoms. The molecule has 2 nitrogen and oxygen atoms in total. The van der Waals surface area contributed by atoms with E-state index in [-0.39, 0.29) is 17.7 Å². The summed E-state index contributed by atoms with van der Waals surface area (Å²) in [5.74, 6) is -0.483. The molecule has 1 aliphatic rings. The van der Waals surface area contributed by atoms with Gasteiger partial charge >= 0.3 is 0 Å². The minimum Gasteiger partial charge on any atom is -0.385 e. The zero-order chi connectivity index (χ0) is 22.9. The zero-order valence-corrected chi connectivity index (χ0v) is 20.2. The largest absolute Gasteiger partial charge is 0.385 e. The van der Waals surface area contributed by atoms with Crippen LogP contribution in [0.3, 0.4) is 0 Å². The number of alkyl halides is 2. The number of allylic oxidation sites excluding steroid dienone is 1. The maximum Gasteiger partial charge on any atom is 0.134 e. The molecular formula is C26H31Cl2FN2. The van der Waals surface area contributed by atoms with E-state index < -0.39 is 4.33 Å². The number of aryl methyl sites for hydroxylation is 2. The van der Waals surface area contributed by atoms with Crippen LogP contribution >= 0.6 is 23.2 Å². The van der Waals surface area contributed by atoms with Crippen LogP contribution in [0.15, 0.2) is 49.2 Å². The van der Waals surface area contributed by atoms with Crippen LogP contribution in [0.2, 0.25) is 0 Å². The average molecular weight is 461 g/mol. The summed E-state index contributed by atoms with van der Waals surface area (Å²) >= 11 is 13.3. The first-order valence-electron chi connectivity index (χ1n) is 10.7. The van der Waals surface area contributed by atoms with Crippen molar-refractivity contribution in [3.05, 3.63) is 82.8 Å². The van der Waals surface area contributed by atoms with Gasteiger partial charge in [0.1, 0.15) is 10.2 Å². The smallest absolute Gasteiger partial charge is 0.134 e. The SMILES string of the molecule is C=C(NCCCC)c1c(F)ccc(NC(=C)C2C(c3ccc(C)c(C)c3)C2(Cl)Cl)c1C. The van der Waals surface area contributed by atoms with E-state index in [0.29, 0.717) is 11.3 Å². The Morgan fingerprint density at radius 1 is 1.10 bits per heavy atom. The van der Waals surface area contributed by atoms with E-state index in [1.807, 2.05) is 6.92 Å². The van der Waals surface area contributed by atoms with Gasteiger partial charge in [0.25, 0.3) is 0 Å². The van der Waals surface area contributed by atoms with Gasteiger partial charge in [-0.1, -0.05) is 44.7 Å². The van der Waals surface area contributed by atoms with Gasteiger partial charge in [0.05, 0.1) is 0 Å². The second-order valence-electron chi connectivity index (χ2n) is 8.48. The molecule has 31 heavy (non-hydrogen) atoms. The van der Waals surface area contributed by atoms with Crippen molar-refractivity contribution in [2.75, 3.05) is 11.9 Å². The molecular weight excluding hydrogens is 430 g/mol. The van der Waals surface area contributed by atoms with Crippen LogP contribution in [0.25, 0.3) is 5.70 Å². The summed E-state index contributed by atoms with van der Waals surface area (Å²) in [6, 6.07) is 9.48. The Morgan fingerprint density at radius 3 is 2.45 bits per heavy atom. The lowest BCUT2D eigenvalue weighted by Gasteiger charge is -2.18. The van der Waals surface area contributed by atoms with Crippen LogP contribution in [-0.2, 0) is 0 Å². The van der Waals surface area contributed by atoms with Crippen molar-refractivity contribution >= 4 is 34.6 Å². The molecule has 1 aliphatic carbocycles. The second kappa shape index (κ2) is 9.26. The van der Waals surface area contributed by atoms with Gasteiger partial charge in [0.2, 0.25) is 0 Å². The van der Waals surface area contributed by atoms with E-state index in [9.17, 15) is 4.39 Å². The number of rotatable bonds is 9. The van der Waals surface area contributed by atoms with E-state index in [0.717, 1.165) is 41.9 Å². The first kappa shape index (κ1) is 23.7. The van der Waals surface area contributed by atoms with E-state index in [2.05, 4.69) is 62.8 Å². The number of hydrogen-bond donors (Lipinski definition) is 2. The van der Waals surface area contributed by atoms with E-state index in [4.69, 9.17) is 23.2 Å². The van der Waals surface area contributed by atoms with Crippen molar-refractivity contribution in [2.24, 2.45) is 5.92 Å². The standard InChI is InChI=1S/C26H31Cl2FN2/c1-7-8-13-30-18(5)23-17(4)22(12-11-21(23)29)31-19(6)24-25(26(24,27)28)20-10-9-15(2)16(3)14-20/h9-12,14,24-25,30-31H,5-8,13H2,1-4H3. The van der Waals surface area contributed by atoms with Crippen LogP contribution < -0.4 is 10.6 Å². The molecule has 1 fully saturated rings. The number of unbranched alkanes of at least 4 members (excludes halogenated alkanes) is 1. The lowest BCUT2D eigenvalue weighted by molar-refractivity contribution is 0.620. The third kappa shape index (κ3) is 4.78. The summed E-state index contributed by atoms with van der Waals surface area (Å²) in [6.07, 6.45) is 2.06. The molecule has 2 atom stereocenters. The molecule has 0 aromatic heterocycles. The fourth-order valence-electron chi connectivity index (χ4n) is 4.07. The maximum atomic E-state index is 14.6. The summed E-state index contributed by atoms with van der Waals surface area (Å²) in [6.45, 7) is 17.2. The Balaban J connectivity index is 1.79. The Hall–Kier alpha value is -1.97. The van der Waals surface area contributed by atoms with Crippen LogP contribution in [-0.4, -0.2) is 10.9 Å². The molecule has 0 saturated heterocycles. The van der Waals surface area contributed by atoms with E-state index in [1.54, 1.807) is 6.07 Å². The van der Waals surface area contributed by atoms with Crippen molar-refractivity contribution in [1.82, 2.24) is 5.32 Å². The molecule has 1 saturated carbocycles. The highest BCUT2D eigenvalue weighted by molar-refractivity contribution is 6.52. The molecule has 0 aliphatic heterocycles. The molecule has 0 radical (unpaired) electrons. The summed E-state index contributed by atoms with van der Waals surface area (Å²) in [4.78, 5) is 0. The summed E-state index contributed by atoms with van der Waals surface area (Å²) < 4.78 is 13.7. The van der Waals surface area contributed by atoms with Crippen molar-refractivity contribution in [3.63, 3.8) is 0 Å². The number of benzene rings is 2. The van der Waals surface area contributed by atoms with Gasteiger partial charge in [-0.25, -0.2) is 4.39 Å². The number of anilines is 1. The third-order valence-electron chi connectivity index (χ3n) is 6.20. The number of hydrogen-bond acceptors (Lipinski definition) is 2. The predicted molar refractivity (Wildman–Crippen MR) is 132 cm³/mol. The molecule has 2 aromatic carbocycles. The molecule has 3 rings (SSSR count). The van der Waals surface area contributed by atoms with Crippen LogP contribution in [0.4, 0.5) is 10.1 Å². The molecule has 166 valence electrons. The van der Waals surface area contributed by atoms with Gasteiger partial charge < -0.3 is 10.6 Å². The van der Waals surface area contributed by atoms with Crippen LogP contribution in [0.1, 0.15) is 53.5 Å². The second-order valence-corrected chi connectivity index (χ2v) is 9.92.